The second kappa shape index (κ2) is 5.40. The number of hydrogen-bond donors (Lipinski definition) is 1. The number of rotatable bonds is 2. The molecule has 1 amide bonds. The lowest BCUT2D eigenvalue weighted by Gasteiger charge is -2.30. The van der Waals surface area contributed by atoms with Gasteiger partial charge in [-0.2, -0.15) is 0 Å². The summed E-state index contributed by atoms with van der Waals surface area (Å²) in [6.07, 6.45) is 0.893. The zero-order chi connectivity index (χ0) is 13.1. The molecule has 1 aliphatic heterocycles. The van der Waals surface area contributed by atoms with Crippen LogP contribution in [-0.4, -0.2) is 42.2 Å². The number of hydrogen-bond acceptors (Lipinski definition) is 3. The second-order valence-electron chi connectivity index (χ2n) is 4.75. The molecule has 1 atom stereocenters. The normalized spacial score (nSPS) is 19.4. The Morgan fingerprint density at radius 3 is 2.83 bits per heavy atom. The lowest BCUT2D eigenvalue weighted by molar-refractivity contribution is -0.137. The van der Waals surface area contributed by atoms with Crippen molar-refractivity contribution < 1.29 is 9.90 Å². The first-order valence-electron chi connectivity index (χ1n) is 6.36. The Morgan fingerprint density at radius 1 is 1.44 bits per heavy atom. The van der Waals surface area contributed by atoms with Crippen LogP contribution in [0.1, 0.15) is 18.9 Å². The first-order valence-corrected chi connectivity index (χ1v) is 6.36. The van der Waals surface area contributed by atoms with Gasteiger partial charge in [0, 0.05) is 31.9 Å². The largest absolute Gasteiger partial charge is 0.387 e. The van der Waals surface area contributed by atoms with Gasteiger partial charge in [-0.15, -0.1) is 0 Å². The minimum Gasteiger partial charge on any atom is -0.387 e. The topological polar surface area (TPSA) is 43.8 Å². The Kier molecular flexibility index (Phi) is 3.87. The van der Waals surface area contributed by atoms with Crippen LogP contribution in [0.3, 0.4) is 0 Å². The molecule has 0 saturated carbocycles. The summed E-state index contributed by atoms with van der Waals surface area (Å²) >= 11 is 0. The molecule has 1 aromatic rings. The maximum Gasteiger partial charge on any atom is 0.248 e. The molecule has 1 aromatic carbocycles. The number of likely N-dealkylation sites (N-methyl/N-ethyl adjacent to an activating group) is 1. The summed E-state index contributed by atoms with van der Waals surface area (Å²) in [6, 6.07) is 8.28. The maximum absolute atomic E-state index is 11.9. The van der Waals surface area contributed by atoms with Crippen molar-refractivity contribution >= 4 is 11.6 Å². The van der Waals surface area contributed by atoms with E-state index in [9.17, 15) is 4.79 Å². The number of aliphatic hydroxyl groups is 1. The van der Waals surface area contributed by atoms with Crippen LogP contribution in [-0.2, 0) is 11.3 Å². The van der Waals surface area contributed by atoms with E-state index in [-0.39, 0.29) is 11.9 Å². The average molecular weight is 248 g/mol. The molecule has 0 bridgehead atoms. The van der Waals surface area contributed by atoms with Crippen molar-refractivity contribution in [1.29, 1.82) is 0 Å². The van der Waals surface area contributed by atoms with Crippen LogP contribution >= 0.6 is 0 Å². The summed E-state index contributed by atoms with van der Waals surface area (Å²) in [6.45, 7) is 3.05. The number of aliphatic hydroxyl groups excluding tert-OH is 1. The fourth-order valence-electron chi connectivity index (χ4n) is 2.57. The van der Waals surface area contributed by atoms with Crippen molar-refractivity contribution in [3.8, 4) is 0 Å². The molecule has 0 saturated heterocycles. The molecule has 1 N–H and O–H groups in total. The minimum absolute atomic E-state index is 0.155. The summed E-state index contributed by atoms with van der Waals surface area (Å²) in [5, 5.41) is 9.10. The van der Waals surface area contributed by atoms with Gasteiger partial charge in [-0.05, 0) is 18.1 Å². The fraction of sp³-hybridized carbons (Fsp3) is 0.500. The van der Waals surface area contributed by atoms with Crippen LogP contribution < -0.4 is 4.90 Å². The number of amides is 1. The third-order valence-corrected chi connectivity index (χ3v) is 3.60. The van der Waals surface area contributed by atoms with E-state index in [1.807, 2.05) is 18.2 Å². The molecule has 4 nitrogen and oxygen atoms in total. The Bertz CT molecular complexity index is 434. The molecule has 0 spiro atoms. The smallest absolute Gasteiger partial charge is 0.248 e. The van der Waals surface area contributed by atoms with Crippen molar-refractivity contribution in [2.24, 2.45) is 0 Å². The molecule has 4 heteroatoms. The summed E-state index contributed by atoms with van der Waals surface area (Å²) in [5.41, 5.74) is 2.31. The Balaban J connectivity index is 2.36. The summed E-state index contributed by atoms with van der Waals surface area (Å²) < 4.78 is 0. The number of carbonyl (C=O) groups excluding carboxylic acids is 1. The third-order valence-electron chi connectivity index (χ3n) is 3.60. The third kappa shape index (κ3) is 2.34. The molecule has 2 rings (SSSR count). The van der Waals surface area contributed by atoms with Gasteiger partial charge >= 0.3 is 0 Å². The van der Waals surface area contributed by atoms with Gasteiger partial charge in [0.05, 0.1) is 0 Å². The van der Waals surface area contributed by atoms with E-state index in [0.717, 1.165) is 18.5 Å². The monoisotopic (exact) mass is 248 g/mol. The Hall–Kier alpha value is -1.55. The highest BCUT2D eigenvalue weighted by Gasteiger charge is 2.27. The summed E-state index contributed by atoms with van der Waals surface area (Å²) in [7, 11) is 2.05. The molecule has 1 unspecified atom stereocenters. The molecule has 0 radical (unpaired) electrons. The first-order chi connectivity index (χ1) is 8.67. The van der Waals surface area contributed by atoms with Crippen LogP contribution in [0, 0.1) is 0 Å². The van der Waals surface area contributed by atoms with Crippen LogP contribution in [0.25, 0.3) is 0 Å². The molecule has 98 valence electrons. The SMILES string of the molecule is CCC1CN(C)c2ccccc2CN1C(=O)CO. The van der Waals surface area contributed by atoms with Gasteiger partial charge in [0.15, 0.2) is 0 Å². The van der Waals surface area contributed by atoms with E-state index in [0.29, 0.717) is 6.54 Å². The molecule has 0 aliphatic carbocycles. The molecule has 0 aromatic heterocycles. The minimum atomic E-state index is -0.414. The van der Waals surface area contributed by atoms with E-state index >= 15 is 0 Å². The molecule has 1 aliphatic rings. The number of anilines is 1. The van der Waals surface area contributed by atoms with Gasteiger partial charge in [-0.3, -0.25) is 4.79 Å². The molecule has 1 heterocycles. The van der Waals surface area contributed by atoms with E-state index in [4.69, 9.17) is 5.11 Å². The number of para-hydroxylation sites is 1. The maximum atomic E-state index is 11.9. The molecule has 0 fully saturated rings. The second-order valence-corrected chi connectivity index (χ2v) is 4.75. The number of nitrogens with zero attached hydrogens (tertiary/aromatic N) is 2. The van der Waals surface area contributed by atoms with E-state index in [1.165, 1.54) is 5.69 Å². The van der Waals surface area contributed by atoms with Crippen LogP contribution in [0.5, 0.6) is 0 Å². The molecular formula is C14H20N2O2. The van der Waals surface area contributed by atoms with Gasteiger partial charge in [0.1, 0.15) is 6.61 Å². The first kappa shape index (κ1) is 12.9. The van der Waals surface area contributed by atoms with E-state index < -0.39 is 6.61 Å². The van der Waals surface area contributed by atoms with Gasteiger partial charge in [0.2, 0.25) is 5.91 Å². The van der Waals surface area contributed by atoms with Crippen LogP contribution in [0.2, 0.25) is 0 Å². The van der Waals surface area contributed by atoms with Gasteiger partial charge in [0.25, 0.3) is 0 Å². The number of carbonyl (C=O) groups is 1. The van der Waals surface area contributed by atoms with Crippen molar-refractivity contribution in [1.82, 2.24) is 4.90 Å². The standard InChI is InChI=1S/C14H20N2O2/c1-3-12-9-15(2)13-7-5-4-6-11(13)8-16(12)14(18)10-17/h4-7,12,17H,3,8-10H2,1-2H3. The quantitative estimate of drug-likeness (QED) is 0.856. The number of fused-ring (bicyclic) bond motifs is 1. The van der Waals surface area contributed by atoms with Crippen molar-refractivity contribution in [2.45, 2.75) is 25.9 Å². The summed E-state index contributed by atoms with van der Waals surface area (Å²) in [5.74, 6) is -0.188. The van der Waals surface area contributed by atoms with Gasteiger partial charge in [-0.25, -0.2) is 0 Å². The van der Waals surface area contributed by atoms with Crippen molar-refractivity contribution in [3.63, 3.8) is 0 Å². The zero-order valence-corrected chi connectivity index (χ0v) is 11.0. The van der Waals surface area contributed by atoms with E-state index in [1.54, 1.807) is 4.90 Å². The van der Waals surface area contributed by atoms with Crippen molar-refractivity contribution in [2.75, 3.05) is 25.1 Å². The molecule has 18 heavy (non-hydrogen) atoms. The van der Waals surface area contributed by atoms with Crippen molar-refractivity contribution in [3.05, 3.63) is 29.8 Å². The number of benzene rings is 1. The average Bonchev–Trinajstić information content (AvgIpc) is 2.55. The fourth-order valence-corrected chi connectivity index (χ4v) is 2.57. The summed E-state index contributed by atoms with van der Waals surface area (Å²) in [4.78, 5) is 15.8. The molecular weight excluding hydrogens is 228 g/mol. The van der Waals surface area contributed by atoms with Gasteiger partial charge in [-0.1, -0.05) is 25.1 Å². The Labute approximate surface area is 108 Å². The zero-order valence-electron chi connectivity index (χ0n) is 11.0. The lowest BCUT2D eigenvalue weighted by atomic mass is 10.1. The van der Waals surface area contributed by atoms with Gasteiger partial charge < -0.3 is 14.9 Å². The lowest BCUT2D eigenvalue weighted by Crippen LogP contribution is -2.44. The predicted molar refractivity (Wildman–Crippen MR) is 71.4 cm³/mol. The van der Waals surface area contributed by atoms with Crippen LogP contribution in [0.15, 0.2) is 24.3 Å². The Morgan fingerprint density at radius 2 is 2.17 bits per heavy atom. The highest BCUT2D eigenvalue weighted by Crippen LogP contribution is 2.26. The highest BCUT2D eigenvalue weighted by molar-refractivity contribution is 5.78. The highest BCUT2D eigenvalue weighted by atomic mass is 16.3. The predicted octanol–water partition coefficient (Wildman–Crippen LogP) is 1.24. The van der Waals surface area contributed by atoms with Crippen LogP contribution in [0.4, 0.5) is 5.69 Å². The van der Waals surface area contributed by atoms with E-state index in [2.05, 4.69) is 24.9 Å².